The Hall–Kier alpha value is -0.570. The fraction of sp³-hybridized carbons (Fsp3) is 0.929. The summed E-state index contributed by atoms with van der Waals surface area (Å²) in [5.74, 6) is 0.926. The molecule has 3 N–H and O–H groups in total. The molecule has 3 heteroatoms. The third kappa shape index (κ3) is 5.07. The van der Waals surface area contributed by atoms with Crippen LogP contribution in [0.15, 0.2) is 0 Å². The van der Waals surface area contributed by atoms with Crippen LogP contribution in [0.5, 0.6) is 0 Å². The van der Waals surface area contributed by atoms with E-state index in [1.54, 1.807) is 0 Å². The van der Waals surface area contributed by atoms with E-state index in [-0.39, 0.29) is 11.9 Å². The van der Waals surface area contributed by atoms with Gasteiger partial charge in [0, 0.05) is 6.04 Å². The molecule has 1 fully saturated rings. The normalized spacial score (nSPS) is 26.5. The zero-order chi connectivity index (χ0) is 12.7. The van der Waals surface area contributed by atoms with Crippen LogP contribution in [-0.4, -0.2) is 18.0 Å². The second kappa shape index (κ2) is 7.70. The lowest BCUT2D eigenvalue weighted by atomic mass is 9.84. The Morgan fingerprint density at radius 3 is 2.47 bits per heavy atom. The van der Waals surface area contributed by atoms with Crippen molar-refractivity contribution in [3.05, 3.63) is 0 Å². The zero-order valence-corrected chi connectivity index (χ0v) is 11.4. The third-order valence-corrected chi connectivity index (χ3v) is 3.98. The minimum Gasteiger partial charge on any atom is -0.352 e. The van der Waals surface area contributed by atoms with Crippen molar-refractivity contribution < 1.29 is 4.79 Å². The summed E-state index contributed by atoms with van der Waals surface area (Å²) in [6, 6.07) is 0.0665. The van der Waals surface area contributed by atoms with E-state index in [2.05, 4.69) is 19.2 Å². The van der Waals surface area contributed by atoms with Gasteiger partial charge >= 0.3 is 0 Å². The molecule has 1 amide bonds. The van der Waals surface area contributed by atoms with Crippen LogP contribution in [-0.2, 0) is 4.79 Å². The fourth-order valence-corrected chi connectivity index (χ4v) is 2.58. The van der Waals surface area contributed by atoms with E-state index in [0.717, 1.165) is 38.0 Å². The molecule has 1 saturated carbocycles. The molecular weight excluding hydrogens is 212 g/mol. The number of nitrogens with two attached hydrogens (primary N) is 1. The van der Waals surface area contributed by atoms with Gasteiger partial charge in [-0.2, -0.15) is 0 Å². The number of rotatable bonds is 6. The van der Waals surface area contributed by atoms with Crippen molar-refractivity contribution in [1.82, 2.24) is 5.32 Å². The molecule has 0 heterocycles. The van der Waals surface area contributed by atoms with Crippen LogP contribution in [0.25, 0.3) is 0 Å². The van der Waals surface area contributed by atoms with Crippen LogP contribution >= 0.6 is 0 Å². The van der Waals surface area contributed by atoms with Gasteiger partial charge in [-0.05, 0) is 38.0 Å². The molecule has 3 nitrogen and oxygen atoms in total. The molecule has 0 aromatic carbocycles. The van der Waals surface area contributed by atoms with Crippen LogP contribution in [0.2, 0.25) is 0 Å². The fourth-order valence-electron chi connectivity index (χ4n) is 2.58. The molecule has 100 valence electrons. The maximum atomic E-state index is 11.8. The van der Waals surface area contributed by atoms with Crippen LogP contribution in [0.3, 0.4) is 0 Å². The van der Waals surface area contributed by atoms with Gasteiger partial charge in [-0.15, -0.1) is 0 Å². The van der Waals surface area contributed by atoms with Crippen molar-refractivity contribution in [1.29, 1.82) is 0 Å². The van der Waals surface area contributed by atoms with Gasteiger partial charge in [0.2, 0.25) is 5.91 Å². The number of nitrogens with one attached hydrogen (secondary N) is 1. The lowest BCUT2D eigenvalue weighted by Crippen LogP contribution is -2.46. The molecule has 1 atom stereocenters. The molecular formula is C14H28N2O. The Labute approximate surface area is 106 Å². The number of unbranched alkanes of at least 4 members (excludes halogenated alkanes) is 1. The van der Waals surface area contributed by atoms with Crippen molar-refractivity contribution in [3.63, 3.8) is 0 Å². The Bertz CT molecular complexity index is 222. The number of carbonyl (C=O) groups is 1. The summed E-state index contributed by atoms with van der Waals surface area (Å²) in [5, 5.41) is 3.11. The van der Waals surface area contributed by atoms with Gasteiger partial charge in [0.05, 0.1) is 6.04 Å². The predicted octanol–water partition coefficient (Wildman–Crippen LogP) is 2.59. The molecule has 1 unspecified atom stereocenters. The molecule has 17 heavy (non-hydrogen) atoms. The molecule has 0 radical (unpaired) electrons. The molecule has 1 aliphatic carbocycles. The van der Waals surface area contributed by atoms with E-state index in [9.17, 15) is 4.79 Å². The summed E-state index contributed by atoms with van der Waals surface area (Å²) in [6.07, 6.45) is 9.00. The lowest BCUT2D eigenvalue weighted by molar-refractivity contribution is -0.123. The second-order valence-electron chi connectivity index (χ2n) is 5.38. The van der Waals surface area contributed by atoms with Gasteiger partial charge in [0.25, 0.3) is 0 Å². The van der Waals surface area contributed by atoms with Crippen molar-refractivity contribution >= 4 is 5.91 Å². The summed E-state index contributed by atoms with van der Waals surface area (Å²) < 4.78 is 0. The average molecular weight is 240 g/mol. The first kappa shape index (κ1) is 14.5. The summed E-state index contributed by atoms with van der Waals surface area (Å²) >= 11 is 0. The summed E-state index contributed by atoms with van der Waals surface area (Å²) in [6.45, 7) is 4.38. The van der Waals surface area contributed by atoms with Gasteiger partial charge in [0.1, 0.15) is 0 Å². The monoisotopic (exact) mass is 240 g/mol. The van der Waals surface area contributed by atoms with Gasteiger partial charge in [-0.3, -0.25) is 4.79 Å². The van der Waals surface area contributed by atoms with Gasteiger partial charge in [-0.1, -0.05) is 33.1 Å². The van der Waals surface area contributed by atoms with Gasteiger partial charge in [0.15, 0.2) is 0 Å². The molecule has 1 rings (SSSR count). The lowest BCUT2D eigenvalue weighted by Gasteiger charge is -2.29. The molecule has 0 saturated heterocycles. The minimum absolute atomic E-state index is 0.0541. The Balaban J connectivity index is 2.22. The third-order valence-electron chi connectivity index (χ3n) is 3.98. The largest absolute Gasteiger partial charge is 0.352 e. The highest BCUT2D eigenvalue weighted by Gasteiger charge is 2.23. The van der Waals surface area contributed by atoms with E-state index in [1.165, 1.54) is 19.3 Å². The average Bonchev–Trinajstić information content (AvgIpc) is 2.36. The number of hydrogen-bond acceptors (Lipinski definition) is 2. The molecule has 0 aromatic rings. The Morgan fingerprint density at radius 1 is 1.29 bits per heavy atom. The number of hydrogen-bond donors (Lipinski definition) is 2. The van der Waals surface area contributed by atoms with Crippen molar-refractivity contribution in [3.8, 4) is 0 Å². The van der Waals surface area contributed by atoms with Crippen LogP contribution in [0.1, 0.15) is 65.2 Å². The predicted molar refractivity (Wildman–Crippen MR) is 71.7 cm³/mol. The van der Waals surface area contributed by atoms with E-state index >= 15 is 0 Å². The number of amides is 1. The first-order valence-corrected chi connectivity index (χ1v) is 7.23. The maximum Gasteiger partial charge on any atom is 0.237 e. The highest BCUT2D eigenvalue weighted by atomic mass is 16.2. The van der Waals surface area contributed by atoms with Crippen LogP contribution in [0, 0.1) is 5.92 Å². The van der Waals surface area contributed by atoms with Crippen molar-refractivity contribution in [2.75, 3.05) is 0 Å². The quantitative estimate of drug-likeness (QED) is 0.750. The Kier molecular flexibility index (Phi) is 6.56. The summed E-state index contributed by atoms with van der Waals surface area (Å²) in [5.41, 5.74) is 5.86. The highest BCUT2D eigenvalue weighted by molar-refractivity contribution is 5.81. The van der Waals surface area contributed by atoms with E-state index in [0.29, 0.717) is 6.04 Å². The standard InChI is InChI=1S/C14H28N2O/c1-3-5-6-13(15)14(17)16-12-9-7-11(4-2)8-10-12/h11-13H,3-10,15H2,1-2H3,(H,16,17). The molecule has 0 spiro atoms. The molecule has 0 aromatic heterocycles. The molecule has 0 bridgehead atoms. The highest BCUT2D eigenvalue weighted by Crippen LogP contribution is 2.26. The summed E-state index contributed by atoms with van der Waals surface area (Å²) in [7, 11) is 0. The molecule has 1 aliphatic rings. The Morgan fingerprint density at radius 2 is 1.94 bits per heavy atom. The first-order chi connectivity index (χ1) is 8.17. The van der Waals surface area contributed by atoms with Crippen LogP contribution in [0.4, 0.5) is 0 Å². The maximum absolute atomic E-state index is 11.8. The van der Waals surface area contributed by atoms with Crippen molar-refractivity contribution in [2.24, 2.45) is 11.7 Å². The number of carbonyl (C=O) groups excluding carboxylic acids is 1. The van der Waals surface area contributed by atoms with Crippen molar-refractivity contribution in [2.45, 2.75) is 77.3 Å². The molecule has 0 aliphatic heterocycles. The van der Waals surface area contributed by atoms with Gasteiger partial charge in [-0.25, -0.2) is 0 Å². The SMILES string of the molecule is CCCCC(N)C(=O)NC1CCC(CC)CC1. The summed E-state index contributed by atoms with van der Waals surface area (Å²) in [4.78, 5) is 11.8. The zero-order valence-electron chi connectivity index (χ0n) is 11.4. The first-order valence-electron chi connectivity index (χ1n) is 7.23. The smallest absolute Gasteiger partial charge is 0.237 e. The van der Waals surface area contributed by atoms with E-state index in [1.807, 2.05) is 0 Å². The topological polar surface area (TPSA) is 55.1 Å². The van der Waals surface area contributed by atoms with Gasteiger partial charge < -0.3 is 11.1 Å². The van der Waals surface area contributed by atoms with Crippen LogP contribution < -0.4 is 11.1 Å². The van der Waals surface area contributed by atoms with E-state index in [4.69, 9.17) is 5.73 Å². The minimum atomic E-state index is -0.307. The van der Waals surface area contributed by atoms with E-state index < -0.39 is 0 Å². The second-order valence-corrected chi connectivity index (χ2v) is 5.38.